The second kappa shape index (κ2) is 8.47. The normalized spacial score (nSPS) is 11.0. The van der Waals surface area contributed by atoms with Crippen molar-refractivity contribution in [1.82, 2.24) is 5.43 Å². The summed E-state index contributed by atoms with van der Waals surface area (Å²) in [5.74, 6) is 0. The number of nitrogens with one attached hydrogen (secondary N) is 2. The number of hydrazone groups is 1. The van der Waals surface area contributed by atoms with E-state index in [0.717, 1.165) is 16.8 Å². The Morgan fingerprint density at radius 2 is 1.58 bits per heavy atom. The molecule has 0 heterocycles. The lowest BCUT2D eigenvalue weighted by Gasteiger charge is -2.12. The van der Waals surface area contributed by atoms with Gasteiger partial charge in [-0.05, 0) is 42.5 Å². The van der Waals surface area contributed by atoms with Crippen molar-refractivity contribution < 1.29 is 0 Å². The van der Waals surface area contributed by atoms with Gasteiger partial charge in [-0.2, -0.15) is 5.10 Å². The van der Waals surface area contributed by atoms with Crippen LogP contribution in [0.5, 0.6) is 0 Å². The number of benzene rings is 3. The van der Waals surface area contributed by atoms with Gasteiger partial charge in [-0.25, -0.2) is 0 Å². The van der Waals surface area contributed by atoms with Gasteiger partial charge < -0.3 is 11.1 Å². The zero-order valence-electron chi connectivity index (χ0n) is 13.8. The van der Waals surface area contributed by atoms with Gasteiger partial charge >= 0.3 is 0 Å². The summed E-state index contributed by atoms with van der Waals surface area (Å²) in [6.45, 7) is 0. The van der Waals surface area contributed by atoms with E-state index in [4.69, 9.17) is 29.6 Å². The van der Waals surface area contributed by atoms with E-state index in [1.54, 1.807) is 18.2 Å². The average molecular weight is 381 g/mol. The van der Waals surface area contributed by atoms with Crippen LogP contribution < -0.4 is 16.5 Å². The predicted molar refractivity (Wildman–Crippen MR) is 114 cm³/mol. The summed E-state index contributed by atoms with van der Waals surface area (Å²) in [6, 6.07) is 24.7. The molecule has 0 aliphatic heterocycles. The first-order chi connectivity index (χ1) is 12.6. The predicted octanol–water partition coefficient (Wildman–Crippen LogP) is 4.66. The summed E-state index contributed by atoms with van der Waals surface area (Å²) in [6.07, 6.45) is 0. The molecule has 130 valence electrons. The lowest BCUT2D eigenvalue weighted by molar-refractivity contribution is 1.04. The second-order valence-electron chi connectivity index (χ2n) is 5.49. The maximum absolute atomic E-state index is 6.15. The van der Waals surface area contributed by atoms with E-state index >= 15 is 0 Å². The monoisotopic (exact) mass is 380 g/mol. The van der Waals surface area contributed by atoms with Crippen molar-refractivity contribution in [2.75, 3.05) is 11.1 Å². The summed E-state index contributed by atoms with van der Waals surface area (Å²) < 4.78 is 0. The van der Waals surface area contributed by atoms with Gasteiger partial charge in [0.1, 0.15) is 0 Å². The van der Waals surface area contributed by atoms with Gasteiger partial charge in [0, 0.05) is 27.5 Å². The summed E-state index contributed by atoms with van der Waals surface area (Å²) in [5.41, 5.74) is 12.8. The molecule has 0 bridgehead atoms. The number of rotatable bonds is 4. The van der Waals surface area contributed by atoms with Crippen molar-refractivity contribution in [2.24, 2.45) is 5.10 Å². The molecule has 26 heavy (non-hydrogen) atoms. The molecule has 4 nitrogen and oxygen atoms in total. The first-order valence-corrected chi connectivity index (χ1v) is 8.72. The molecule has 0 aliphatic rings. The van der Waals surface area contributed by atoms with Crippen molar-refractivity contribution in [3.8, 4) is 0 Å². The Morgan fingerprint density at radius 1 is 0.923 bits per heavy atom. The van der Waals surface area contributed by atoms with Crippen LogP contribution in [0.15, 0.2) is 84.0 Å². The first-order valence-electron chi connectivity index (χ1n) is 7.94. The molecule has 0 saturated carbocycles. The molecule has 6 heteroatoms. The zero-order valence-corrected chi connectivity index (χ0v) is 15.4. The van der Waals surface area contributed by atoms with Crippen molar-refractivity contribution >= 4 is 46.0 Å². The summed E-state index contributed by atoms with van der Waals surface area (Å²) in [4.78, 5) is 0. The SMILES string of the molecule is Nc1ccc(Cl)cc1C(=NNC(=S)Nc1ccccc1)c1ccccc1. The molecule has 3 aromatic carbocycles. The fourth-order valence-corrected chi connectivity index (χ4v) is 2.73. The Kier molecular flexibility index (Phi) is 5.84. The van der Waals surface area contributed by atoms with Gasteiger partial charge in [-0.15, -0.1) is 0 Å². The van der Waals surface area contributed by atoms with E-state index in [-0.39, 0.29) is 0 Å². The number of thiocarbonyl (C=S) groups is 1. The number of halogens is 1. The van der Waals surface area contributed by atoms with E-state index in [1.807, 2.05) is 60.7 Å². The van der Waals surface area contributed by atoms with Crippen LogP contribution in [-0.4, -0.2) is 10.8 Å². The Balaban J connectivity index is 1.89. The molecule has 4 N–H and O–H groups in total. The van der Waals surface area contributed by atoms with Crippen LogP contribution in [0.25, 0.3) is 0 Å². The molecule has 0 aliphatic carbocycles. The van der Waals surface area contributed by atoms with E-state index < -0.39 is 0 Å². The van der Waals surface area contributed by atoms with Gasteiger partial charge in [-0.1, -0.05) is 60.1 Å². The molecule has 0 aromatic heterocycles. The van der Waals surface area contributed by atoms with Crippen LogP contribution in [0, 0.1) is 0 Å². The third-order valence-electron chi connectivity index (χ3n) is 3.62. The first kappa shape index (κ1) is 17.9. The summed E-state index contributed by atoms with van der Waals surface area (Å²) in [5, 5.41) is 8.53. The van der Waals surface area contributed by atoms with Crippen molar-refractivity contribution in [1.29, 1.82) is 0 Å². The number of hydrogen-bond donors (Lipinski definition) is 3. The quantitative estimate of drug-likeness (QED) is 0.266. The third-order valence-corrected chi connectivity index (χ3v) is 4.05. The molecule has 0 radical (unpaired) electrons. The maximum Gasteiger partial charge on any atom is 0.191 e. The van der Waals surface area contributed by atoms with Crippen LogP contribution in [0.1, 0.15) is 11.1 Å². The summed E-state index contributed by atoms with van der Waals surface area (Å²) >= 11 is 11.5. The highest BCUT2D eigenvalue weighted by atomic mass is 35.5. The Labute approximate surface area is 162 Å². The molecule has 0 amide bonds. The van der Waals surface area contributed by atoms with Crippen molar-refractivity contribution in [3.05, 3.63) is 95.0 Å². The Bertz CT molecular complexity index is 927. The van der Waals surface area contributed by atoms with Gasteiger partial charge in [0.2, 0.25) is 0 Å². The van der Waals surface area contributed by atoms with Gasteiger partial charge in [0.05, 0.1) is 5.71 Å². The molecule has 0 saturated heterocycles. The highest BCUT2D eigenvalue weighted by molar-refractivity contribution is 7.80. The third kappa shape index (κ3) is 4.59. The fraction of sp³-hybridized carbons (Fsp3) is 0. The number of para-hydroxylation sites is 1. The van der Waals surface area contributed by atoms with Crippen LogP contribution in [0.3, 0.4) is 0 Å². The van der Waals surface area contributed by atoms with Gasteiger partial charge in [-0.3, -0.25) is 5.43 Å². The van der Waals surface area contributed by atoms with Crippen molar-refractivity contribution in [2.45, 2.75) is 0 Å². The zero-order chi connectivity index (χ0) is 18.4. The van der Waals surface area contributed by atoms with Crippen LogP contribution in [0.2, 0.25) is 5.02 Å². The lowest BCUT2D eigenvalue weighted by atomic mass is 10.0. The molecule has 0 atom stereocenters. The molecule has 3 aromatic rings. The largest absolute Gasteiger partial charge is 0.398 e. The standard InChI is InChI=1S/C20H17ClN4S/c21-15-11-12-18(22)17(13-15)19(14-7-3-1-4-8-14)24-25-20(26)23-16-9-5-2-6-10-16/h1-13H,22H2,(H2,23,25,26). The van der Waals surface area contributed by atoms with E-state index in [0.29, 0.717) is 21.5 Å². The van der Waals surface area contributed by atoms with E-state index in [2.05, 4.69) is 15.8 Å². The maximum atomic E-state index is 6.15. The second-order valence-corrected chi connectivity index (χ2v) is 6.33. The molecule has 3 rings (SSSR count). The molecular formula is C20H17ClN4S. The van der Waals surface area contributed by atoms with Crippen molar-refractivity contribution in [3.63, 3.8) is 0 Å². The Morgan fingerprint density at radius 3 is 2.27 bits per heavy atom. The minimum Gasteiger partial charge on any atom is -0.398 e. The topological polar surface area (TPSA) is 62.4 Å². The minimum atomic E-state index is 0.380. The van der Waals surface area contributed by atoms with Crippen LogP contribution in [-0.2, 0) is 0 Å². The highest BCUT2D eigenvalue weighted by Crippen LogP contribution is 2.21. The fourth-order valence-electron chi connectivity index (χ4n) is 2.40. The minimum absolute atomic E-state index is 0.380. The molecule has 0 spiro atoms. The number of nitrogen functional groups attached to an aromatic ring is 1. The van der Waals surface area contributed by atoms with Crippen LogP contribution in [0.4, 0.5) is 11.4 Å². The average Bonchev–Trinajstić information content (AvgIpc) is 2.66. The molecule has 0 fully saturated rings. The number of hydrogen-bond acceptors (Lipinski definition) is 3. The van der Waals surface area contributed by atoms with Gasteiger partial charge in [0.15, 0.2) is 5.11 Å². The molecular weight excluding hydrogens is 364 g/mol. The Hall–Kier alpha value is -2.89. The van der Waals surface area contributed by atoms with Gasteiger partial charge in [0.25, 0.3) is 0 Å². The number of anilines is 2. The highest BCUT2D eigenvalue weighted by Gasteiger charge is 2.12. The summed E-state index contributed by atoms with van der Waals surface area (Å²) in [7, 11) is 0. The van der Waals surface area contributed by atoms with E-state index in [9.17, 15) is 0 Å². The lowest BCUT2D eigenvalue weighted by Crippen LogP contribution is -2.25. The molecule has 0 unspecified atom stereocenters. The van der Waals surface area contributed by atoms with Crippen LogP contribution >= 0.6 is 23.8 Å². The smallest absolute Gasteiger partial charge is 0.191 e. The number of nitrogens with zero attached hydrogens (tertiary/aromatic N) is 1. The number of nitrogens with two attached hydrogens (primary N) is 1. The van der Waals surface area contributed by atoms with E-state index in [1.165, 1.54) is 0 Å².